The molecule has 0 amide bonds. The summed E-state index contributed by atoms with van der Waals surface area (Å²) in [6.07, 6.45) is -1.54. The molecule has 0 bridgehead atoms. The zero-order valence-electron chi connectivity index (χ0n) is 17.7. The van der Waals surface area contributed by atoms with Crippen LogP contribution in [0.15, 0.2) is 59.9 Å². The number of aryl methyl sites for hydroxylation is 1. The van der Waals surface area contributed by atoms with E-state index in [9.17, 15) is 13.2 Å². The van der Waals surface area contributed by atoms with Crippen LogP contribution < -0.4 is 10.6 Å². The second-order valence-electron chi connectivity index (χ2n) is 7.06. The van der Waals surface area contributed by atoms with Gasteiger partial charge in [0.25, 0.3) is 0 Å². The van der Waals surface area contributed by atoms with Crippen molar-refractivity contribution in [1.82, 2.24) is 20.2 Å². The molecule has 2 N–H and O–H groups in total. The fraction of sp³-hybridized carbons (Fsp3) is 0.364. The normalized spacial score (nSPS) is 11.9. The van der Waals surface area contributed by atoms with Crippen LogP contribution >= 0.6 is 24.0 Å². The minimum absolute atomic E-state index is 0. The van der Waals surface area contributed by atoms with Crippen molar-refractivity contribution in [3.05, 3.63) is 66.0 Å². The summed E-state index contributed by atoms with van der Waals surface area (Å²) < 4.78 is 43.2. The maximum absolute atomic E-state index is 12.1. The molecule has 0 spiro atoms. The van der Waals surface area contributed by atoms with Crippen LogP contribution in [-0.4, -0.2) is 41.9 Å². The third-order valence-electron chi connectivity index (χ3n) is 4.64. The molecule has 32 heavy (non-hydrogen) atoms. The molecule has 0 saturated carbocycles. The minimum Gasteiger partial charge on any atom is -0.367 e. The number of hydrogen-bond acceptors (Lipinski definition) is 3. The van der Waals surface area contributed by atoms with Crippen molar-refractivity contribution in [1.29, 1.82) is 0 Å². The van der Waals surface area contributed by atoms with Gasteiger partial charge in [0.15, 0.2) is 5.96 Å². The molecule has 174 valence electrons. The lowest BCUT2D eigenvalue weighted by Crippen LogP contribution is -2.37. The van der Waals surface area contributed by atoms with E-state index in [1.54, 1.807) is 19.2 Å². The van der Waals surface area contributed by atoms with Crippen LogP contribution in [0.2, 0.25) is 0 Å². The van der Waals surface area contributed by atoms with Gasteiger partial charge in [0.2, 0.25) is 0 Å². The number of nitrogens with one attached hydrogen (secondary N) is 2. The van der Waals surface area contributed by atoms with Gasteiger partial charge in [0.1, 0.15) is 6.61 Å². The van der Waals surface area contributed by atoms with E-state index in [4.69, 9.17) is 0 Å². The van der Waals surface area contributed by atoms with Crippen molar-refractivity contribution in [3.8, 4) is 0 Å². The number of nitrogens with zero attached hydrogens (tertiary/aromatic N) is 3. The Hall–Kier alpha value is -2.34. The van der Waals surface area contributed by atoms with Crippen molar-refractivity contribution in [3.63, 3.8) is 0 Å². The summed E-state index contributed by atoms with van der Waals surface area (Å²) in [5.41, 5.74) is 3.80. The first-order valence-corrected chi connectivity index (χ1v) is 10.0. The molecule has 3 aromatic rings. The van der Waals surface area contributed by atoms with E-state index in [1.807, 2.05) is 36.7 Å². The van der Waals surface area contributed by atoms with Crippen molar-refractivity contribution in [2.45, 2.75) is 32.3 Å². The van der Waals surface area contributed by atoms with E-state index in [-0.39, 0.29) is 30.6 Å². The monoisotopic (exact) mass is 561 g/mol. The zero-order valence-corrected chi connectivity index (χ0v) is 20.1. The molecule has 10 heteroatoms. The molecule has 3 rings (SSSR count). The molecular formula is C22H27F3IN5O. The Kier molecular flexibility index (Phi) is 10.2. The van der Waals surface area contributed by atoms with E-state index < -0.39 is 12.8 Å². The lowest BCUT2D eigenvalue weighted by molar-refractivity contribution is -0.176. The number of alkyl halides is 3. The quantitative estimate of drug-likeness (QED) is 0.175. The second kappa shape index (κ2) is 12.6. The number of rotatable bonds is 9. The molecule has 1 aromatic heterocycles. The summed E-state index contributed by atoms with van der Waals surface area (Å²) in [4.78, 5) is 8.61. The average Bonchev–Trinajstić information content (AvgIpc) is 3.16. The molecule has 0 aliphatic heterocycles. The molecule has 0 fully saturated rings. The van der Waals surface area contributed by atoms with Gasteiger partial charge < -0.3 is 19.9 Å². The maximum Gasteiger partial charge on any atom is 0.411 e. The van der Waals surface area contributed by atoms with Crippen LogP contribution in [0, 0.1) is 0 Å². The Bertz CT molecular complexity index is 989. The highest BCUT2D eigenvalue weighted by Gasteiger charge is 2.27. The zero-order chi connectivity index (χ0) is 22.1. The first kappa shape index (κ1) is 25.9. The van der Waals surface area contributed by atoms with Gasteiger partial charge in [-0.1, -0.05) is 36.4 Å². The summed E-state index contributed by atoms with van der Waals surface area (Å²) in [7, 11) is 1.71. The van der Waals surface area contributed by atoms with Gasteiger partial charge in [-0.25, -0.2) is 4.98 Å². The highest BCUT2D eigenvalue weighted by Crippen LogP contribution is 2.16. The lowest BCUT2D eigenvalue weighted by atomic mass is 10.1. The van der Waals surface area contributed by atoms with Crippen LogP contribution in [0.4, 0.5) is 13.2 Å². The molecular weight excluding hydrogens is 534 g/mol. The van der Waals surface area contributed by atoms with Crippen molar-refractivity contribution in [2.75, 3.05) is 20.2 Å². The van der Waals surface area contributed by atoms with E-state index in [1.165, 1.54) is 0 Å². The molecule has 0 aliphatic rings. The standard InChI is InChI=1S/C22H26F3N5O.HI/c1-26-21(27-11-4-12-30-16-29-19-5-2-3-6-20(19)30)28-13-17-7-9-18(10-8-17)14-31-15-22(23,24)25;/h2-3,5-10,16H,4,11-15H2,1H3,(H2,26,27,28);1H. The van der Waals surface area contributed by atoms with Crippen LogP contribution in [0.3, 0.4) is 0 Å². The average molecular weight is 561 g/mol. The molecule has 0 saturated heterocycles. The van der Waals surface area contributed by atoms with Crippen molar-refractivity contribution < 1.29 is 17.9 Å². The predicted molar refractivity (Wildman–Crippen MR) is 130 cm³/mol. The topological polar surface area (TPSA) is 63.5 Å². The Morgan fingerprint density at radius 2 is 1.78 bits per heavy atom. The number of guanidine groups is 1. The van der Waals surface area contributed by atoms with E-state index in [2.05, 4.69) is 36.0 Å². The molecule has 0 radical (unpaired) electrons. The second-order valence-corrected chi connectivity index (χ2v) is 7.06. The van der Waals surface area contributed by atoms with Gasteiger partial charge in [-0.3, -0.25) is 4.99 Å². The molecule has 0 unspecified atom stereocenters. The molecule has 2 aromatic carbocycles. The summed E-state index contributed by atoms with van der Waals surface area (Å²) in [6, 6.07) is 15.3. The minimum atomic E-state index is -4.31. The van der Waals surface area contributed by atoms with E-state index >= 15 is 0 Å². The fourth-order valence-corrected chi connectivity index (χ4v) is 3.09. The fourth-order valence-electron chi connectivity index (χ4n) is 3.09. The van der Waals surface area contributed by atoms with Crippen LogP contribution in [0.5, 0.6) is 0 Å². The van der Waals surface area contributed by atoms with Gasteiger partial charge in [-0.2, -0.15) is 13.2 Å². The number of para-hydroxylation sites is 2. The summed E-state index contributed by atoms with van der Waals surface area (Å²) in [6.45, 7) is 0.845. The van der Waals surface area contributed by atoms with Gasteiger partial charge in [0.05, 0.1) is 24.0 Å². The van der Waals surface area contributed by atoms with Crippen LogP contribution in [0.1, 0.15) is 17.5 Å². The molecule has 1 heterocycles. The number of halogens is 4. The van der Waals surface area contributed by atoms with Gasteiger partial charge in [-0.05, 0) is 29.7 Å². The largest absolute Gasteiger partial charge is 0.411 e. The SMILES string of the molecule is CN=C(NCCCn1cnc2ccccc21)NCc1ccc(COCC(F)(F)F)cc1.I. The van der Waals surface area contributed by atoms with Gasteiger partial charge in [-0.15, -0.1) is 24.0 Å². The number of benzene rings is 2. The smallest absolute Gasteiger partial charge is 0.367 e. The van der Waals surface area contributed by atoms with E-state index in [0.717, 1.165) is 36.1 Å². The highest BCUT2D eigenvalue weighted by atomic mass is 127. The first-order valence-electron chi connectivity index (χ1n) is 10.0. The Morgan fingerprint density at radius 3 is 2.50 bits per heavy atom. The van der Waals surface area contributed by atoms with E-state index in [0.29, 0.717) is 18.1 Å². The van der Waals surface area contributed by atoms with Crippen molar-refractivity contribution >= 4 is 41.0 Å². The number of aliphatic imine (C=N–C) groups is 1. The number of hydrogen-bond donors (Lipinski definition) is 2. The molecule has 6 nitrogen and oxygen atoms in total. The lowest BCUT2D eigenvalue weighted by Gasteiger charge is -2.13. The highest BCUT2D eigenvalue weighted by molar-refractivity contribution is 14.0. The van der Waals surface area contributed by atoms with Crippen LogP contribution in [-0.2, 0) is 24.4 Å². The number of ether oxygens (including phenoxy) is 1. The third-order valence-corrected chi connectivity index (χ3v) is 4.64. The van der Waals surface area contributed by atoms with Gasteiger partial charge >= 0.3 is 6.18 Å². The summed E-state index contributed by atoms with van der Waals surface area (Å²) in [5.74, 6) is 0.688. The Labute approximate surface area is 202 Å². The first-order chi connectivity index (χ1) is 14.9. The van der Waals surface area contributed by atoms with Crippen LogP contribution in [0.25, 0.3) is 11.0 Å². The number of aromatic nitrogens is 2. The Balaban J connectivity index is 0.00000363. The van der Waals surface area contributed by atoms with Gasteiger partial charge in [0, 0.05) is 26.7 Å². The predicted octanol–water partition coefficient (Wildman–Crippen LogP) is 4.49. The van der Waals surface area contributed by atoms with Crippen molar-refractivity contribution in [2.24, 2.45) is 4.99 Å². The maximum atomic E-state index is 12.1. The Morgan fingerprint density at radius 1 is 1.06 bits per heavy atom. The summed E-state index contributed by atoms with van der Waals surface area (Å²) in [5, 5.41) is 6.51. The number of imidazole rings is 1. The number of fused-ring (bicyclic) bond motifs is 1. The molecule has 0 atom stereocenters. The molecule has 0 aliphatic carbocycles. The summed E-state index contributed by atoms with van der Waals surface area (Å²) >= 11 is 0. The third kappa shape index (κ3) is 8.30.